The van der Waals surface area contributed by atoms with Gasteiger partial charge in [-0.3, -0.25) is 0 Å². The minimum atomic E-state index is -0.561. The second-order valence-electron chi connectivity index (χ2n) is 5.09. The van der Waals surface area contributed by atoms with Crippen molar-refractivity contribution >= 4 is 23.3 Å². The second kappa shape index (κ2) is 7.50. The van der Waals surface area contributed by atoms with Crippen molar-refractivity contribution in [1.82, 2.24) is 4.90 Å². The van der Waals surface area contributed by atoms with Crippen LogP contribution in [0.5, 0.6) is 5.75 Å². The molecule has 0 aromatic heterocycles. The molecule has 2 rings (SSSR count). The molecule has 0 saturated carbocycles. The first-order valence-electron chi connectivity index (χ1n) is 7.29. The fourth-order valence-corrected chi connectivity index (χ4v) is 2.44. The molecular weight excluding hydrogens is 295 g/mol. The number of ether oxygens (including phenoxy) is 1. The van der Waals surface area contributed by atoms with Crippen molar-refractivity contribution in [2.75, 3.05) is 25.0 Å². The number of benzene rings is 1. The second-order valence-corrected chi connectivity index (χ2v) is 5.50. The van der Waals surface area contributed by atoms with Crippen LogP contribution < -0.4 is 10.1 Å². The number of likely N-dealkylation sites (tertiary alicyclic amines) is 1. The van der Waals surface area contributed by atoms with Gasteiger partial charge >= 0.3 is 6.03 Å². The topological polar surface area (TPSA) is 41.6 Å². The van der Waals surface area contributed by atoms with Gasteiger partial charge in [0.25, 0.3) is 0 Å². The predicted molar refractivity (Wildman–Crippen MR) is 81.6 cm³/mol. The molecule has 1 fully saturated rings. The van der Waals surface area contributed by atoms with Gasteiger partial charge in [0, 0.05) is 19.2 Å². The number of carbonyl (C=O) groups excluding carboxylic acids is 1. The Balaban J connectivity index is 2.09. The fourth-order valence-electron chi connectivity index (χ4n) is 2.24. The predicted octanol–water partition coefficient (Wildman–Crippen LogP) is 4.29. The van der Waals surface area contributed by atoms with Gasteiger partial charge in [-0.25, -0.2) is 9.18 Å². The molecule has 1 aliphatic rings. The minimum absolute atomic E-state index is 0.0982. The standard InChI is InChI=1S/C15H20ClFN2O2/c1-2-8-21-14-10-13(12(17)9-11(14)16)18-15(20)19-6-4-3-5-7-19/h9-10H,2-8H2,1H3,(H,18,20). The number of hydrogen-bond acceptors (Lipinski definition) is 2. The monoisotopic (exact) mass is 314 g/mol. The maximum atomic E-state index is 13.9. The molecule has 0 unspecified atom stereocenters. The third-order valence-electron chi connectivity index (χ3n) is 3.37. The van der Waals surface area contributed by atoms with Crippen molar-refractivity contribution in [3.05, 3.63) is 23.0 Å². The van der Waals surface area contributed by atoms with Crippen LogP contribution in [0.1, 0.15) is 32.6 Å². The average Bonchev–Trinajstić information content (AvgIpc) is 2.49. The van der Waals surface area contributed by atoms with E-state index in [0.29, 0.717) is 25.4 Å². The van der Waals surface area contributed by atoms with E-state index in [-0.39, 0.29) is 16.7 Å². The van der Waals surface area contributed by atoms with Gasteiger partial charge in [0.15, 0.2) is 0 Å². The van der Waals surface area contributed by atoms with Crippen LogP contribution in [-0.2, 0) is 0 Å². The number of urea groups is 1. The molecule has 0 atom stereocenters. The summed E-state index contributed by atoms with van der Waals surface area (Å²) in [6.45, 7) is 3.88. The highest BCUT2D eigenvalue weighted by Crippen LogP contribution is 2.31. The highest BCUT2D eigenvalue weighted by molar-refractivity contribution is 6.32. The molecule has 21 heavy (non-hydrogen) atoms. The van der Waals surface area contributed by atoms with Crippen LogP contribution >= 0.6 is 11.6 Å². The van der Waals surface area contributed by atoms with Crippen LogP contribution in [0.15, 0.2) is 12.1 Å². The molecule has 0 bridgehead atoms. The van der Waals surface area contributed by atoms with Gasteiger partial charge in [-0.1, -0.05) is 18.5 Å². The Hall–Kier alpha value is -1.49. The Morgan fingerprint density at radius 2 is 2.10 bits per heavy atom. The van der Waals surface area contributed by atoms with E-state index in [1.54, 1.807) is 4.90 Å². The quantitative estimate of drug-likeness (QED) is 0.901. The number of nitrogens with one attached hydrogen (secondary N) is 1. The lowest BCUT2D eigenvalue weighted by atomic mass is 10.1. The first-order chi connectivity index (χ1) is 10.1. The molecule has 0 aliphatic carbocycles. The largest absolute Gasteiger partial charge is 0.492 e. The molecule has 116 valence electrons. The van der Waals surface area contributed by atoms with Crippen LogP contribution in [0.3, 0.4) is 0 Å². The summed E-state index contributed by atoms with van der Waals surface area (Å²) in [5.74, 6) is -0.178. The molecule has 6 heteroatoms. The Bertz CT molecular complexity index is 505. The number of carbonyl (C=O) groups is 1. The van der Waals surface area contributed by atoms with Crippen molar-refractivity contribution in [3.63, 3.8) is 0 Å². The molecule has 1 aromatic rings. The van der Waals surface area contributed by atoms with Crippen LogP contribution in [-0.4, -0.2) is 30.6 Å². The normalized spacial score (nSPS) is 14.9. The molecular formula is C15H20ClFN2O2. The lowest BCUT2D eigenvalue weighted by molar-refractivity contribution is 0.200. The van der Waals surface area contributed by atoms with Crippen LogP contribution in [0, 0.1) is 5.82 Å². The number of amides is 2. The van der Waals surface area contributed by atoms with Gasteiger partial charge in [0.2, 0.25) is 0 Å². The summed E-state index contributed by atoms with van der Waals surface area (Å²) < 4.78 is 19.4. The molecule has 4 nitrogen and oxygen atoms in total. The molecule has 1 aromatic carbocycles. The third kappa shape index (κ3) is 4.24. The van der Waals surface area contributed by atoms with E-state index >= 15 is 0 Å². The molecule has 1 aliphatic heterocycles. The summed E-state index contributed by atoms with van der Waals surface area (Å²) in [6.07, 6.45) is 3.93. The SMILES string of the molecule is CCCOc1cc(NC(=O)N2CCCCC2)c(F)cc1Cl. The number of anilines is 1. The number of rotatable bonds is 4. The van der Waals surface area contributed by atoms with Crippen molar-refractivity contribution < 1.29 is 13.9 Å². The van der Waals surface area contributed by atoms with E-state index < -0.39 is 5.82 Å². The van der Waals surface area contributed by atoms with Crippen LogP contribution in [0.2, 0.25) is 5.02 Å². The highest BCUT2D eigenvalue weighted by Gasteiger charge is 2.18. The third-order valence-corrected chi connectivity index (χ3v) is 3.66. The molecule has 2 amide bonds. The van der Waals surface area contributed by atoms with E-state index in [0.717, 1.165) is 25.7 Å². The Labute approximate surface area is 129 Å². The molecule has 1 saturated heterocycles. The summed E-state index contributed by atoms with van der Waals surface area (Å²) >= 11 is 5.93. The van der Waals surface area contributed by atoms with Crippen molar-refractivity contribution in [3.8, 4) is 5.75 Å². The van der Waals surface area contributed by atoms with Crippen molar-refractivity contribution in [2.24, 2.45) is 0 Å². The van der Waals surface area contributed by atoms with Crippen molar-refractivity contribution in [1.29, 1.82) is 0 Å². The van der Waals surface area contributed by atoms with E-state index in [9.17, 15) is 9.18 Å². The maximum absolute atomic E-state index is 13.9. The van der Waals surface area contributed by atoms with Crippen LogP contribution in [0.4, 0.5) is 14.9 Å². The lowest BCUT2D eigenvalue weighted by Gasteiger charge is -2.27. The smallest absolute Gasteiger partial charge is 0.321 e. The summed E-state index contributed by atoms with van der Waals surface area (Å²) in [5.41, 5.74) is 0.0982. The number of piperidine rings is 1. The maximum Gasteiger partial charge on any atom is 0.321 e. The summed E-state index contributed by atoms with van der Waals surface area (Å²) in [6, 6.07) is 2.32. The van der Waals surface area contributed by atoms with Gasteiger partial charge in [0.1, 0.15) is 11.6 Å². The lowest BCUT2D eigenvalue weighted by Crippen LogP contribution is -2.38. The van der Waals surface area contributed by atoms with E-state index in [2.05, 4.69) is 5.32 Å². The number of hydrogen-bond donors (Lipinski definition) is 1. The van der Waals surface area contributed by atoms with E-state index in [1.165, 1.54) is 12.1 Å². The van der Waals surface area contributed by atoms with Gasteiger partial charge in [-0.05, 0) is 31.7 Å². The molecule has 1 heterocycles. The van der Waals surface area contributed by atoms with Gasteiger partial charge in [0.05, 0.1) is 17.3 Å². The Morgan fingerprint density at radius 3 is 2.76 bits per heavy atom. The van der Waals surface area contributed by atoms with Gasteiger partial charge in [-0.2, -0.15) is 0 Å². The summed E-state index contributed by atoms with van der Waals surface area (Å²) in [5, 5.41) is 2.80. The average molecular weight is 315 g/mol. The first-order valence-corrected chi connectivity index (χ1v) is 7.67. The number of halogens is 2. The van der Waals surface area contributed by atoms with Crippen LogP contribution in [0.25, 0.3) is 0 Å². The van der Waals surface area contributed by atoms with E-state index in [4.69, 9.17) is 16.3 Å². The summed E-state index contributed by atoms with van der Waals surface area (Å²) in [7, 11) is 0. The highest BCUT2D eigenvalue weighted by atomic mass is 35.5. The zero-order chi connectivity index (χ0) is 15.2. The fraction of sp³-hybridized carbons (Fsp3) is 0.533. The number of nitrogens with zero attached hydrogens (tertiary/aromatic N) is 1. The molecule has 0 spiro atoms. The molecule has 0 radical (unpaired) electrons. The van der Waals surface area contributed by atoms with E-state index in [1.807, 2.05) is 6.92 Å². The zero-order valence-electron chi connectivity index (χ0n) is 12.1. The Morgan fingerprint density at radius 1 is 1.38 bits per heavy atom. The van der Waals surface area contributed by atoms with Crippen molar-refractivity contribution in [2.45, 2.75) is 32.6 Å². The van der Waals surface area contributed by atoms with Gasteiger partial charge in [-0.15, -0.1) is 0 Å². The van der Waals surface area contributed by atoms with Gasteiger partial charge < -0.3 is 15.0 Å². The molecule has 1 N–H and O–H groups in total. The first kappa shape index (κ1) is 15.9. The zero-order valence-corrected chi connectivity index (χ0v) is 12.9. The summed E-state index contributed by atoms with van der Waals surface area (Å²) in [4.78, 5) is 13.8. The minimum Gasteiger partial charge on any atom is -0.492 e. The Kier molecular flexibility index (Phi) is 5.67.